The van der Waals surface area contributed by atoms with E-state index in [1.54, 1.807) is 30.3 Å². The lowest BCUT2D eigenvalue weighted by Gasteiger charge is -2.22. The molecular weight excluding hydrogens is 332 g/mol. The minimum atomic E-state index is -0.611. The van der Waals surface area contributed by atoms with Crippen molar-refractivity contribution in [3.05, 3.63) is 51.2 Å². The van der Waals surface area contributed by atoms with E-state index in [-0.39, 0.29) is 17.7 Å². The van der Waals surface area contributed by atoms with Gasteiger partial charge in [-0.05, 0) is 48.1 Å². The Morgan fingerprint density at radius 1 is 1.22 bits per heavy atom. The van der Waals surface area contributed by atoms with Gasteiger partial charge < -0.3 is 10.6 Å². The van der Waals surface area contributed by atoms with Crippen molar-refractivity contribution in [1.29, 1.82) is 0 Å². The first kappa shape index (κ1) is 17.5. The molecule has 6 heteroatoms. The van der Waals surface area contributed by atoms with Gasteiger partial charge in [0.15, 0.2) is 0 Å². The molecule has 4 nitrogen and oxygen atoms in total. The van der Waals surface area contributed by atoms with Gasteiger partial charge in [-0.2, -0.15) is 0 Å². The average molecular weight is 351 g/mol. The first-order chi connectivity index (χ1) is 10.9. The van der Waals surface area contributed by atoms with E-state index in [0.717, 1.165) is 5.56 Å². The third-order valence-corrected chi connectivity index (χ3v) is 4.53. The number of anilines is 1. The molecule has 23 heavy (non-hydrogen) atoms. The van der Waals surface area contributed by atoms with Crippen LogP contribution in [0.1, 0.15) is 29.1 Å². The predicted octanol–water partition coefficient (Wildman–Crippen LogP) is 4.10. The van der Waals surface area contributed by atoms with E-state index < -0.39 is 6.04 Å². The maximum Gasteiger partial charge on any atom is 0.262 e. The molecule has 0 aliphatic heterocycles. The second kappa shape index (κ2) is 7.62. The number of carbonyl (C=O) groups excluding carboxylic acids is 2. The van der Waals surface area contributed by atoms with Gasteiger partial charge in [-0.3, -0.25) is 9.59 Å². The van der Waals surface area contributed by atoms with Gasteiger partial charge in [0.1, 0.15) is 6.04 Å². The number of halogens is 1. The predicted molar refractivity (Wildman–Crippen MR) is 95.2 cm³/mol. The highest BCUT2D eigenvalue weighted by atomic mass is 35.5. The van der Waals surface area contributed by atoms with E-state index in [1.165, 1.54) is 11.3 Å². The Kier molecular flexibility index (Phi) is 5.80. The summed E-state index contributed by atoms with van der Waals surface area (Å²) < 4.78 is 0. The van der Waals surface area contributed by atoms with E-state index in [1.807, 2.05) is 26.2 Å². The molecule has 2 aromatic rings. The lowest BCUT2D eigenvalue weighted by atomic mass is 10.0. The Bertz CT molecular complexity index is 699. The van der Waals surface area contributed by atoms with Crippen molar-refractivity contribution in [2.75, 3.05) is 5.32 Å². The molecule has 1 atom stereocenters. The molecule has 0 aliphatic carbocycles. The molecule has 122 valence electrons. The minimum absolute atomic E-state index is 0.0356. The van der Waals surface area contributed by atoms with Gasteiger partial charge in [0.25, 0.3) is 5.91 Å². The Morgan fingerprint density at radius 2 is 1.96 bits per heavy atom. The smallest absolute Gasteiger partial charge is 0.262 e. The maximum atomic E-state index is 12.5. The molecule has 0 bridgehead atoms. The highest BCUT2D eigenvalue weighted by Gasteiger charge is 2.25. The van der Waals surface area contributed by atoms with Gasteiger partial charge in [-0.25, -0.2) is 0 Å². The molecule has 2 N–H and O–H groups in total. The molecule has 0 radical (unpaired) electrons. The summed E-state index contributed by atoms with van der Waals surface area (Å²) >= 11 is 7.27. The van der Waals surface area contributed by atoms with E-state index in [0.29, 0.717) is 15.6 Å². The Labute approximate surface area is 144 Å². The van der Waals surface area contributed by atoms with Crippen LogP contribution in [0.3, 0.4) is 0 Å². The highest BCUT2D eigenvalue weighted by Crippen LogP contribution is 2.20. The fourth-order valence-electron chi connectivity index (χ4n) is 2.13. The van der Waals surface area contributed by atoms with E-state index >= 15 is 0 Å². The van der Waals surface area contributed by atoms with Crippen molar-refractivity contribution in [2.24, 2.45) is 5.92 Å². The number of carbonyl (C=O) groups is 2. The number of aryl methyl sites for hydroxylation is 1. The number of hydrogen-bond donors (Lipinski definition) is 2. The molecule has 1 aromatic carbocycles. The SMILES string of the molecule is Cc1cc(Cl)ccc1NC(=O)[C@@H](NC(=O)c1cccs1)C(C)C. The van der Waals surface area contributed by atoms with Crippen molar-refractivity contribution in [1.82, 2.24) is 5.32 Å². The third-order valence-electron chi connectivity index (χ3n) is 3.43. The van der Waals surface area contributed by atoms with Crippen molar-refractivity contribution in [2.45, 2.75) is 26.8 Å². The van der Waals surface area contributed by atoms with Gasteiger partial charge in [0.05, 0.1) is 4.88 Å². The second-order valence-electron chi connectivity index (χ2n) is 5.62. The van der Waals surface area contributed by atoms with Gasteiger partial charge in [-0.15, -0.1) is 11.3 Å². The van der Waals surface area contributed by atoms with Crippen LogP contribution >= 0.6 is 22.9 Å². The topological polar surface area (TPSA) is 58.2 Å². The zero-order valence-corrected chi connectivity index (χ0v) is 14.8. The summed E-state index contributed by atoms with van der Waals surface area (Å²) in [6, 6.07) is 8.19. The number of hydrogen-bond acceptors (Lipinski definition) is 3. The average Bonchev–Trinajstić information content (AvgIpc) is 3.01. The second-order valence-corrected chi connectivity index (χ2v) is 7.01. The lowest BCUT2D eigenvalue weighted by Crippen LogP contribution is -2.47. The summed E-state index contributed by atoms with van der Waals surface area (Å²) in [4.78, 5) is 25.3. The van der Waals surface area contributed by atoms with Gasteiger partial charge in [0, 0.05) is 10.7 Å². The Morgan fingerprint density at radius 3 is 2.52 bits per heavy atom. The normalized spacial score (nSPS) is 12.0. The quantitative estimate of drug-likeness (QED) is 0.852. The molecule has 1 aromatic heterocycles. The maximum absolute atomic E-state index is 12.5. The Balaban J connectivity index is 2.10. The number of thiophene rings is 1. The van der Waals surface area contributed by atoms with E-state index in [4.69, 9.17) is 11.6 Å². The zero-order chi connectivity index (χ0) is 17.0. The van der Waals surface area contributed by atoms with E-state index in [9.17, 15) is 9.59 Å². The van der Waals surface area contributed by atoms with Crippen LogP contribution in [0.2, 0.25) is 5.02 Å². The number of benzene rings is 1. The van der Waals surface area contributed by atoms with Gasteiger partial charge in [0.2, 0.25) is 5.91 Å². The molecule has 0 aliphatic rings. The fourth-order valence-corrected chi connectivity index (χ4v) is 2.99. The zero-order valence-electron chi connectivity index (χ0n) is 13.2. The molecule has 2 rings (SSSR count). The van der Waals surface area contributed by atoms with Crippen molar-refractivity contribution in [3.63, 3.8) is 0 Å². The molecule has 1 heterocycles. The molecule has 0 fully saturated rings. The van der Waals surface area contributed by atoms with Crippen LogP contribution in [0.15, 0.2) is 35.7 Å². The van der Waals surface area contributed by atoms with Crippen molar-refractivity contribution >= 4 is 40.4 Å². The summed E-state index contributed by atoms with van der Waals surface area (Å²) in [5.41, 5.74) is 1.56. The molecule has 0 saturated carbocycles. The lowest BCUT2D eigenvalue weighted by molar-refractivity contribution is -0.118. The number of rotatable bonds is 5. The molecule has 2 amide bonds. The molecular formula is C17H19ClN2O2S. The third kappa shape index (κ3) is 4.56. The van der Waals surface area contributed by atoms with Crippen LogP contribution < -0.4 is 10.6 Å². The van der Waals surface area contributed by atoms with Crippen LogP contribution in [0, 0.1) is 12.8 Å². The summed E-state index contributed by atoms with van der Waals surface area (Å²) in [6.07, 6.45) is 0. The van der Waals surface area contributed by atoms with E-state index in [2.05, 4.69) is 10.6 Å². The van der Waals surface area contributed by atoms with Crippen molar-refractivity contribution < 1.29 is 9.59 Å². The standard InChI is InChI=1S/C17H19ClN2O2S/c1-10(2)15(20-16(21)14-5-4-8-23-14)17(22)19-13-7-6-12(18)9-11(13)3/h4-10,15H,1-3H3,(H,19,22)(H,20,21)/t15-/m0/s1. The summed E-state index contributed by atoms with van der Waals surface area (Å²) in [5, 5.41) is 8.11. The molecule has 0 unspecified atom stereocenters. The van der Waals surface area contributed by atoms with Gasteiger partial charge >= 0.3 is 0 Å². The summed E-state index contributed by atoms with van der Waals surface area (Å²) in [5.74, 6) is -0.511. The largest absolute Gasteiger partial charge is 0.339 e. The van der Waals surface area contributed by atoms with Gasteiger partial charge in [-0.1, -0.05) is 31.5 Å². The number of amides is 2. The summed E-state index contributed by atoms with van der Waals surface area (Å²) in [7, 11) is 0. The first-order valence-corrected chi connectivity index (χ1v) is 8.55. The molecule has 0 spiro atoms. The minimum Gasteiger partial charge on any atom is -0.339 e. The van der Waals surface area contributed by atoms with Crippen LogP contribution in [-0.2, 0) is 4.79 Å². The fraction of sp³-hybridized carbons (Fsp3) is 0.294. The monoisotopic (exact) mass is 350 g/mol. The van der Waals surface area contributed by atoms with Crippen LogP contribution in [-0.4, -0.2) is 17.9 Å². The summed E-state index contributed by atoms with van der Waals surface area (Å²) in [6.45, 7) is 5.66. The van der Waals surface area contributed by atoms with Crippen LogP contribution in [0.5, 0.6) is 0 Å². The first-order valence-electron chi connectivity index (χ1n) is 7.30. The molecule has 0 saturated heterocycles. The van der Waals surface area contributed by atoms with Crippen LogP contribution in [0.4, 0.5) is 5.69 Å². The number of nitrogens with one attached hydrogen (secondary N) is 2. The van der Waals surface area contributed by atoms with Crippen LogP contribution in [0.25, 0.3) is 0 Å². The Hall–Kier alpha value is -1.85. The highest BCUT2D eigenvalue weighted by molar-refractivity contribution is 7.12. The van der Waals surface area contributed by atoms with Crippen molar-refractivity contribution in [3.8, 4) is 0 Å².